The number of hydrogen-bond donors (Lipinski definition) is 1. The Balaban J connectivity index is 2.63. The van der Waals surface area contributed by atoms with Crippen LogP contribution in [0.15, 0.2) is 12.1 Å². The number of nitrogens with zero attached hydrogens (tertiary/aromatic N) is 3. The fourth-order valence-electron chi connectivity index (χ4n) is 1.68. The van der Waals surface area contributed by atoms with Crippen molar-refractivity contribution in [2.45, 2.75) is 0 Å². The third-order valence-corrected chi connectivity index (χ3v) is 3.11. The zero-order valence-electron chi connectivity index (χ0n) is 12.1. The number of anilines is 1. The predicted molar refractivity (Wildman–Crippen MR) is 79.1 cm³/mol. The number of carbonyl (C=O) groups is 1. The smallest absolute Gasteiger partial charge is 0.358 e. The van der Waals surface area contributed by atoms with Crippen molar-refractivity contribution in [3.63, 3.8) is 0 Å². The molecule has 0 fully saturated rings. The number of nitrogen functional groups attached to an aromatic ring is 1. The summed E-state index contributed by atoms with van der Waals surface area (Å²) >= 11 is 5.93. The van der Waals surface area contributed by atoms with Crippen LogP contribution in [0.4, 0.5) is 5.82 Å². The van der Waals surface area contributed by atoms with Gasteiger partial charge in [0.25, 0.3) is 0 Å². The third-order valence-electron chi connectivity index (χ3n) is 2.73. The molecule has 0 saturated heterocycles. The largest absolute Gasteiger partial charge is 0.481 e. The second kappa shape index (κ2) is 6.44. The molecule has 2 heterocycles. The molecule has 116 valence electrons. The molecule has 8 nitrogen and oxygen atoms in total. The minimum Gasteiger partial charge on any atom is -0.481 e. The van der Waals surface area contributed by atoms with Gasteiger partial charge in [0.15, 0.2) is 11.5 Å². The molecule has 0 spiro atoms. The van der Waals surface area contributed by atoms with Gasteiger partial charge in [0.2, 0.25) is 11.8 Å². The fourth-order valence-corrected chi connectivity index (χ4v) is 1.84. The molecule has 2 N–H and O–H groups in total. The van der Waals surface area contributed by atoms with Gasteiger partial charge in [-0.3, -0.25) is 0 Å². The van der Waals surface area contributed by atoms with Gasteiger partial charge in [-0.2, -0.15) is 4.98 Å². The Labute approximate surface area is 131 Å². The highest BCUT2D eigenvalue weighted by molar-refractivity contribution is 6.35. The van der Waals surface area contributed by atoms with Crippen molar-refractivity contribution in [3.8, 4) is 23.1 Å². The maximum Gasteiger partial charge on any atom is 0.358 e. The Morgan fingerprint density at radius 1 is 1.14 bits per heavy atom. The van der Waals surface area contributed by atoms with E-state index in [9.17, 15) is 4.79 Å². The number of esters is 1. The van der Waals surface area contributed by atoms with Crippen molar-refractivity contribution in [2.24, 2.45) is 0 Å². The second-order valence-electron chi connectivity index (χ2n) is 4.00. The minimum absolute atomic E-state index is 0.0510. The van der Waals surface area contributed by atoms with Gasteiger partial charge < -0.3 is 19.9 Å². The summed E-state index contributed by atoms with van der Waals surface area (Å²) in [6, 6.07) is 3.23. The number of carbonyl (C=O) groups excluding carboxylic acids is 1. The highest BCUT2D eigenvalue weighted by Crippen LogP contribution is 2.31. The molecule has 0 aromatic carbocycles. The molecular formula is C13H13ClN4O4. The lowest BCUT2D eigenvalue weighted by molar-refractivity contribution is 0.0594. The molecule has 9 heteroatoms. The normalized spacial score (nSPS) is 10.2. The van der Waals surface area contributed by atoms with Gasteiger partial charge in [-0.05, 0) is 6.07 Å². The molecule has 0 bridgehead atoms. The summed E-state index contributed by atoms with van der Waals surface area (Å²) < 4.78 is 14.8. The van der Waals surface area contributed by atoms with Crippen molar-refractivity contribution >= 4 is 23.4 Å². The van der Waals surface area contributed by atoms with Crippen LogP contribution in [0.5, 0.6) is 11.8 Å². The molecule has 2 aromatic rings. The number of pyridine rings is 1. The monoisotopic (exact) mass is 324 g/mol. The Morgan fingerprint density at radius 3 is 2.45 bits per heavy atom. The van der Waals surface area contributed by atoms with Crippen LogP contribution in [-0.2, 0) is 4.74 Å². The van der Waals surface area contributed by atoms with E-state index in [1.165, 1.54) is 21.3 Å². The first-order valence-corrected chi connectivity index (χ1v) is 6.40. The molecule has 22 heavy (non-hydrogen) atoms. The average Bonchev–Trinajstić information content (AvgIpc) is 2.55. The van der Waals surface area contributed by atoms with Crippen LogP contribution in [0, 0.1) is 0 Å². The summed E-state index contributed by atoms with van der Waals surface area (Å²) in [4.78, 5) is 24.0. The summed E-state index contributed by atoms with van der Waals surface area (Å²) in [5.74, 6) is -0.0624. The molecule has 0 radical (unpaired) electrons. The highest BCUT2D eigenvalue weighted by Gasteiger charge is 2.21. The number of ether oxygens (including phenoxy) is 3. The van der Waals surface area contributed by atoms with Crippen LogP contribution in [0.2, 0.25) is 5.02 Å². The number of aromatic nitrogens is 3. The lowest BCUT2D eigenvalue weighted by Gasteiger charge is -2.10. The minimum atomic E-state index is -0.721. The predicted octanol–water partition coefficient (Wildman–Crippen LogP) is 1.58. The summed E-state index contributed by atoms with van der Waals surface area (Å²) in [6.45, 7) is 0. The van der Waals surface area contributed by atoms with Crippen molar-refractivity contribution in [3.05, 3.63) is 22.8 Å². The van der Waals surface area contributed by atoms with E-state index in [1.54, 1.807) is 12.1 Å². The molecule has 0 unspecified atom stereocenters. The van der Waals surface area contributed by atoms with E-state index in [-0.39, 0.29) is 28.2 Å². The van der Waals surface area contributed by atoms with Gasteiger partial charge in [-0.1, -0.05) is 11.6 Å². The molecule has 0 saturated carbocycles. The van der Waals surface area contributed by atoms with Gasteiger partial charge in [0, 0.05) is 6.07 Å². The first kappa shape index (κ1) is 15.8. The van der Waals surface area contributed by atoms with Gasteiger partial charge in [-0.25, -0.2) is 14.8 Å². The standard InChI is InChI=1S/C13H13ClN4O4/c1-20-7-5-4-6(12(16-7)21-2)11-17-9(13(19)22-3)8(14)10(15)18-11/h4-5H,1-3H3,(H2,15,17,18). The average molecular weight is 325 g/mol. The van der Waals surface area contributed by atoms with Crippen molar-refractivity contribution in [1.29, 1.82) is 0 Å². The summed E-state index contributed by atoms with van der Waals surface area (Å²) in [7, 11) is 4.13. The molecular weight excluding hydrogens is 312 g/mol. The van der Waals surface area contributed by atoms with Gasteiger partial charge >= 0.3 is 5.97 Å². The Kier molecular flexibility index (Phi) is 4.62. The van der Waals surface area contributed by atoms with Crippen LogP contribution < -0.4 is 15.2 Å². The number of hydrogen-bond acceptors (Lipinski definition) is 8. The van der Waals surface area contributed by atoms with Crippen LogP contribution in [0.3, 0.4) is 0 Å². The maximum absolute atomic E-state index is 11.7. The third kappa shape index (κ3) is 2.86. The number of methoxy groups -OCH3 is 3. The van der Waals surface area contributed by atoms with Crippen LogP contribution in [-0.4, -0.2) is 42.3 Å². The summed E-state index contributed by atoms with van der Waals surface area (Å²) in [5, 5.41) is -0.0731. The molecule has 2 rings (SSSR count). The van der Waals surface area contributed by atoms with Gasteiger partial charge in [0.05, 0.1) is 26.9 Å². The molecule has 0 aliphatic rings. The fraction of sp³-hybridized carbons (Fsp3) is 0.231. The van der Waals surface area contributed by atoms with Crippen LogP contribution >= 0.6 is 11.6 Å². The number of rotatable bonds is 4. The quantitative estimate of drug-likeness (QED) is 0.844. The van der Waals surface area contributed by atoms with E-state index in [0.717, 1.165) is 0 Å². The van der Waals surface area contributed by atoms with Crippen LogP contribution in [0.1, 0.15) is 10.5 Å². The van der Waals surface area contributed by atoms with Crippen LogP contribution in [0.25, 0.3) is 11.4 Å². The van der Waals surface area contributed by atoms with E-state index < -0.39 is 5.97 Å². The zero-order chi connectivity index (χ0) is 16.3. The maximum atomic E-state index is 11.7. The van der Waals surface area contributed by atoms with E-state index in [1.807, 2.05) is 0 Å². The summed E-state index contributed by atoms with van der Waals surface area (Å²) in [5.41, 5.74) is 6.02. The lowest BCUT2D eigenvalue weighted by atomic mass is 10.2. The molecule has 0 atom stereocenters. The van der Waals surface area contributed by atoms with E-state index in [2.05, 4.69) is 19.7 Å². The molecule has 2 aromatic heterocycles. The summed E-state index contributed by atoms with van der Waals surface area (Å²) in [6.07, 6.45) is 0. The Hall–Kier alpha value is -2.61. The van der Waals surface area contributed by atoms with Gasteiger partial charge in [-0.15, -0.1) is 0 Å². The van der Waals surface area contributed by atoms with E-state index in [4.69, 9.17) is 26.8 Å². The van der Waals surface area contributed by atoms with Crippen molar-refractivity contribution in [2.75, 3.05) is 27.1 Å². The second-order valence-corrected chi connectivity index (χ2v) is 4.38. The Morgan fingerprint density at radius 2 is 1.86 bits per heavy atom. The lowest BCUT2D eigenvalue weighted by Crippen LogP contribution is -2.10. The topological polar surface area (TPSA) is 109 Å². The van der Waals surface area contributed by atoms with Gasteiger partial charge in [0.1, 0.15) is 10.8 Å². The molecule has 0 aliphatic carbocycles. The number of halogens is 1. The highest BCUT2D eigenvalue weighted by atomic mass is 35.5. The van der Waals surface area contributed by atoms with Crippen molar-refractivity contribution in [1.82, 2.24) is 15.0 Å². The van der Waals surface area contributed by atoms with E-state index >= 15 is 0 Å². The Bertz CT molecular complexity index is 723. The van der Waals surface area contributed by atoms with E-state index in [0.29, 0.717) is 11.4 Å². The van der Waals surface area contributed by atoms with Crippen molar-refractivity contribution < 1.29 is 19.0 Å². The molecule has 0 amide bonds. The first-order chi connectivity index (χ1) is 10.5. The number of nitrogens with two attached hydrogens (primary N) is 1. The zero-order valence-corrected chi connectivity index (χ0v) is 12.8. The molecule has 0 aliphatic heterocycles. The SMILES string of the molecule is COC(=O)c1nc(-c2ccc(OC)nc2OC)nc(N)c1Cl. The first-order valence-electron chi connectivity index (χ1n) is 6.02.